The Morgan fingerprint density at radius 3 is 1.42 bits per heavy atom. The molecular weight excluding hydrogens is 1380 g/mol. The van der Waals surface area contributed by atoms with Crippen molar-refractivity contribution in [3.05, 3.63) is 290 Å². The molecule has 6 aromatic carbocycles. The van der Waals surface area contributed by atoms with E-state index in [4.69, 9.17) is 75.8 Å². The van der Waals surface area contributed by atoms with Crippen molar-refractivity contribution in [2.75, 3.05) is 17.2 Å². The third-order valence-electron chi connectivity index (χ3n) is 16.5. The number of terminal acetylenes is 2. The number of nitrogens with zero attached hydrogens (tertiary/aromatic N) is 12. The maximum atomic E-state index is 10.1. The second-order valence-corrected chi connectivity index (χ2v) is 32.7. The van der Waals surface area contributed by atoms with Gasteiger partial charge in [0.1, 0.15) is 47.6 Å². The highest BCUT2D eigenvalue weighted by Gasteiger charge is 2.41. The molecule has 0 unspecified atom stereocenters. The monoisotopic (exact) mass is 1460 g/mol. The minimum absolute atomic E-state index is 0.209. The molecule has 0 aliphatic carbocycles. The van der Waals surface area contributed by atoms with Crippen molar-refractivity contribution in [2.45, 2.75) is 110 Å². The van der Waals surface area contributed by atoms with Crippen molar-refractivity contribution in [1.82, 2.24) is 44.9 Å². The van der Waals surface area contributed by atoms with Gasteiger partial charge in [-0.1, -0.05) is 238 Å². The number of nitrogens with one attached hydrogen (secondary N) is 1. The zero-order chi connectivity index (χ0) is 75.7. The fraction of sp³-hybridized carbons (Fsp3) is 0.207. The second-order valence-electron chi connectivity index (χ2n) is 25.8. The van der Waals surface area contributed by atoms with E-state index in [1.807, 2.05) is 188 Å². The highest BCUT2D eigenvalue weighted by atomic mass is 35.5. The molecule has 18 nitrogen and oxygen atoms in total. The Bertz CT molecular complexity index is 5010. The Kier molecular flexibility index (Phi) is 29.1. The Balaban J connectivity index is 0.000000174. The number of rotatable bonds is 12. The molecule has 0 bridgehead atoms. The summed E-state index contributed by atoms with van der Waals surface area (Å²) < 4.78 is 1.72. The predicted octanol–water partition coefficient (Wildman–Crippen LogP) is 19.6. The first-order valence-electron chi connectivity index (χ1n) is 33.3. The van der Waals surface area contributed by atoms with Crippen LogP contribution in [0.5, 0.6) is 0 Å². The lowest BCUT2D eigenvalue weighted by Crippen LogP contribution is -2.43. The maximum absolute atomic E-state index is 10.1. The third kappa shape index (κ3) is 22.5. The maximum Gasteiger partial charge on any atom is 0.145 e. The number of fused-ring (bicyclic) bond motifs is 4. The summed E-state index contributed by atoms with van der Waals surface area (Å²) in [6.45, 7) is 21.1. The largest absolute Gasteiger partial charge is 0.384 e. The summed E-state index contributed by atoms with van der Waals surface area (Å²) in [6, 6.07) is 68.0. The van der Waals surface area contributed by atoms with E-state index in [1.165, 1.54) is 0 Å². The van der Waals surface area contributed by atoms with Gasteiger partial charge in [0, 0.05) is 43.3 Å². The van der Waals surface area contributed by atoms with Crippen molar-refractivity contribution in [1.29, 1.82) is 5.41 Å². The molecule has 13 aromatic rings. The number of azide groups is 1. The number of anilines is 3. The Morgan fingerprint density at radius 1 is 0.538 bits per heavy atom. The van der Waals surface area contributed by atoms with Gasteiger partial charge in [-0.15, -0.1) is 23.5 Å². The number of aliphatic hydroxyl groups is 2. The first-order chi connectivity index (χ1) is 49.6. The number of nitrogens with two attached hydrogens (primary N) is 3. The van der Waals surface area contributed by atoms with Gasteiger partial charge in [-0.3, -0.25) is 15.4 Å². The molecule has 0 fully saturated rings. The van der Waals surface area contributed by atoms with Crippen LogP contribution in [-0.2, 0) is 24.3 Å². The summed E-state index contributed by atoms with van der Waals surface area (Å²) in [5.74, 6) is 3.95. The highest BCUT2D eigenvalue weighted by Crippen LogP contribution is 2.40. The number of halogens is 3. The molecule has 7 heterocycles. The van der Waals surface area contributed by atoms with Crippen molar-refractivity contribution < 1.29 is 10.2 Å². The molecule has 7 aromatic heterocycles. The van der Waals surface area contributed by atoms with E-state index in [2.05, 4.69) is 103 Å². The van der Waals surface area contributed by atoms with Crippen molar-refractivity contribution in [2.24, 2.45) is 5.11 Å². The summed E-state index contributed by atoms with van der Waals surface area (Å²) in [6.07, 6.45) is 12.9. The molecule has 0 saturated heterocycles. The average Bonchev–Trinajstić information content (AvgIpc) is 1.33. The number of nitrogen functional groups attached to an aromatic ring is 3. The molecule has 104 heavy (non-hydrogen) atoms. The molecule has 0 spiro atoms. The smallest absolute Gasteiger partial charge is 0.145 e. The van der Waals surface area contributed by atoms with Crippen LogP contribution >= 0.6 is 34.8 Å². The molecule has 530 valence electrons. The van der Waals surface area contributed by atoms with E-state index < -0.39 is 19.3 Å². The van der Waals surface area contributed by atoms with Gasteiger partial charge >= 0.3 is 0 Å². The predicted molar refractivity (Wildman–Crippen MR) is 432 cm³/mol. The molecule has 0 saturated carbocycles. The second kappa shape index (κ2) is 37.7. The number of pyridine rings is 6. The average molecular weight is 1460 g/mol. The van der Waals surface area contributed by atoms with Gasteiger partial charge in [-0.05, 0) is 134 Å². The fourth-order valence-electron chi connectivity index (χ4n) is 11.4. The Hall–Kier alpha value is -11.1. The SMILES string of the molecule is C#C[Si](C(C)C)(C(C)C)C(C)C.C#Cc1cc(N)nc2ccccc12.CC(C)(O)c1cccc(CN=[N+]=[N-])n1.CC(C)(O)c1cccc(Cn2cc(-c3cc(N)nc4ccccc34)nn2)n1.Clc1cc(Cl)c2ccccc2n1.N=C(c1ccccc1)c1ccccc1.Nc1cc(Cl)c2ccccc2n1. The first-order valence-corrected chi connectivity index (χ1v) is 36.7. The molecule has 0 aliphatic heterocycles. The Labute approximate surface area is 624 Å². The van der Waals surface area contributed by atoms with Gasteiger partial charge in [0.2, 0.25) is 0 Å². The van der Waals surface area contributed by atoms with Crippen LogP contribution in [0.1, 0.15) is 109 Å². The molecule has 0 amide bonds. The normalized spacial score (nSPS) is 10.9. The standard InChI is InChI=1S/C20H20N6O.C13H11N.C11H8N2.C11H22Si.C9H5Cl2N.C9H7ClN2.C9H12N4O/c1-20(2,27)18-9-5-6-13(22-18)11-26-12-17(24-25-26)15-10-19(21)23-16-8-4-3-7-14(15)16;14-13(11-7-3-1-4-8-11)12-9-5-2-6-10-12;1-2-8-7-11(12)13-10-6-4-3-5-9(8)10;1-8-12(9(2)3,10(4)5)11(6)7;2*10-7-5-9(11)12-8-4-2-1-3-6(7)8;1-9(2,14)8-5-3-4-7(12-8)6-11-13-10/h3-10,12,27H,11H2,1-2H3,(H2,21,23);1-10,14H;1,3-7H,(H2,12,13);1,9-11H,2-7H3;1-5H;1-5H,(H2,11,12);3-5,14H,6H2,1-2H3. The highest BCUT2D eigenvalue weighted by molar-refractivity contribution is 6.90. The number of aromatic nitrogens is 9. The van der Waals surface area contributed by atoms with Crippen molar-refractivity contribution in [3.63, 3.8) is 0 Å². The van der Waals surface area contributed by atoms with Crippen LogP contribution in [-0.4, -0.2) is 68.9 Å². The minimum atomic E-state index is -1.47. The summed E-state index contributed by atoms with van der Waals surface area (Å²) in [7, 11) is -1.47. The zero-order valence-electron chi connectivity index (χ0n) is 59.8. The molecule has 9 N–H and O–H groups in total. The lowest BCUT2D eigenvalue weighted by atomic mass is 10.0. The van der Waals surface area contributed by atoms with E-state index in [0.717, 1.165) is 77.3 Å². The Morgan fingerprint density at radius 2 is 0.952 bits per heavy atom. The van der Waals surface area contributed by atoms with E-state index in [-0.39, 0.29) is 6.54 Å². The van der Waals surface area contributed by atoms with Crippen LogP contribution in [0.15, 0.2) is 230 Å². The van der Waals surface area contributed by atoms with Crippen LogP contribution < -0.4 is 17.2 Å². The molecular formula is C82H85Cl3N16O2Si. The van der Waals surface area contributed by atoms with E-state index >= 15 is 0 Å². The van der Waals surface area contributed by atoms with Crippen LogP contribution in [0.4, 0.5) is 17.5 Å². The molecule has 0 atom stereocenters. The number of benzene rings is 6. The number of hydrogen-bond donors (Lipinski definition) is 6. The molecule has 22 heteroatoms. The summed E-state index contributed by atoms with van der Waals surface area (Å²) in [5.41, 5.74) is 39.4. The number of para-hydroxylation sites is 4. The van der Waals surface area contributed by atoms with Crippen LogP contribution in [0.25, 0.3) is 65.3 Å². The lowest BCUT2D eigenvalue weighted by molar-refractivity contribution is 0.0731. The first kappa shape index (κ1) is 80.2. The van der Waals surface area contributed by atoms with Gasteiger partial charge in [-0.25, -0.2) is 24.6 Å². The quantitative estimate of drug-likeness (QED) is 0.0126. The van der Waals surface area contributed by atoms with Crippen molar-refractivity contribution in [3.8, 4) is 35.6 Å². The topological polar surface area (TPSA) is 299 Å². The zero-order valence-corrected chi connectivity index (χ0v) is 63.1. The lowest BCUT2D eigenvalue weighted by Gasteiger charge is -2.37. The summed E-state index contributed by atoms with van der Waals surface area (Å²) in [4.78, 5) is 28.1. The molecule has 13 rings (SSSR count). The number of hydrogen-bond acceptors (Lipinski definition) is 15. The summed E-state index contributed by atoms with van der Waals surface area (Å²) >= 11 is 17.6. The minimum Gasteiger partial charge on any atom is -0.384 e. The van der Waals surface area contributed by atoms with Gasteiger partial charge < -0.3 is 27.4 Å². The van der Waals surface area contributed by atoms with E-state index in [0.29, 0.717) is 78.6 Å². The fourth-order valence-corrected chi connectivity index (χ4v) is 17.2. The third-order valence-corrected chi connectivity index (χ3v) is 23.5. The van der Waals surface area contributed by atoms with E-state index in [9.17, 15) is 10.2 Å². The van der Waals surface area contributed by atoms with Gasteiger partial charge in [0.25, 0.3) is 0 Å². The summed E-state index contributed by atoms with van der Waals surface area (Å²) in [5, 5.41) is 45.2. The van der Waals surface area contributed by atoms with Gasteiger partial charge in [0.05, 0.1) is 74.2 Å². The van der Waals surface area contributed by atoms with Crippen LogP contribution in [0, 0.1) is 29.7 Å². The van der Waals surface area contributed by atoms with Crippen LogP contribution in [0.2, 0.25) is 31.8 Å². The van der Waals surface area contributed by atoms with Gasteiger partial charge in [0.15, 0.2) is 0 Å². The van der Waals surface area contributed by atoms with Crippen LogP contribution in [0.3, 0.4) is 0 Å². The van der Waals surface area contributed by atoms with Crippen molar-refractivity contribution >= 4 is 110 Å². The van der Waals surface area contributed by atoms with E-state index in [1.54, 1.807) is 68.8 Å². The van der Waals surface area contributed by atoms with Gasteiger partial charge in [-0.2, -0.15) is 0 Å². The molecule has 0 aliphatic rings. The molecule has 0 radical (unpaired) electrons.